The molecule has 0 atom stereocenters. The zero-order chi connectivity index (χ0) is 15.5. The minimum absolute atomic E-state index is 0.151. The third-order valence-electron chi connectivity index (χ3n) is 3.90. The normalized spacial score (nSPS) is 22.5. The number of nitrogens with one attached hydrogen (secondary N) is 1. The van der Waals surface area contributed by atoms with Crippen LogP contribution in [0, 0.1) is 0 Å². The fourth-order valence-corrected chi connectivity index (χ4v) is 4.79. The number of sulfonamides is 2. The Labute approximate surface area is 127 Å². The highest BCUT2D eigenvalue weighted by Crippen LogP contribution is 2.18. The molecule has 21 heavy (non-hydrogen) atoms. The number of nitrogens with zero attached hydrogens (tertiary/aromatic N) is 2. The highest BCUT2D eigenvalue weighted by molar-refractivity contribution is 7.89. The number of piperazine rings is 1. The number of hydrogen-bond acceptors (Lipinski definition) is 5. The maximum atomic E-state index is 12.2. The second kappa shape index (κ2) is 6.91. The molecule has 0 amide bonds. The van der Waals surface area contributed by atoms with Crippen LogP contribution in [0.2, 0.25) is 0 Å². The van der Waals surface area contributed by atoms with Crippen molar-refractivity contribution in [2.75, 3.05) is 44.7 Å². The van der Waals surface area contributed by atoms with E-state index in [9.17, 15) is 16.8 Å². The molecule has 2 fully saturated rings. The quantitative estimate of drug-likeness (QED) is 0.598. The minimum atomic E-state index is -3.25. The zero-order valence-corrected chi connectivity index (χ0v) is 14.1. The molecule has 9 heteroatoms. The average Bonchev–Trinajstić information content (AvgIpc) is 3.21. The van der Waals surface area contributed by atoms with Crippen molar-refractivity contribution in [1.82, 2.24) is 13.9 Å². The van der Waals surface area contributed by atoms with Crippen molar-refractivity contribution in [3.63, 3.8) is 0 Å². The van der Waals surface area contributed by atoms with Gasteiger partial charge in [0.15, 0.2) is 0 Å². The summed E-state index contributed by atoms with van der Waals surface area (Å²) in [5, 5.41) is 3.36. The topological polar surface area (TPSA) is 86.8 Å². The summed E-state index contributed by atoms with van der Waals surface area (Å²) in [6, 6.07) is 0.658. The summed E-state index contributed by atoms with van der Waals surface area (Å²) < 4.78 is 49.9. The van der Waals surface area contributed by atoms with E-state index in [1.54, 1.807) is 0 Å². The summed E-state index contributed by atoms with van der Waals surface area (Å²) >= 11 is 0. The number of hydrogen-bond donors (Lipinski definition) is 1. The molecular formula is C12H25N3O4S2. The largest absolute Gasteiger partial charge is 0.314 e. The molecule has 7 nitrogen and oxygen atoms in total. The van der Waals surface area contributed by atoms with Crippen molar-refractivity contribution >= 4 is 20.0 Å². The van der Waals surface area contributed by atoms with Gasteiger partial charge in [-0.2, -0.15) is 8.61 Å². The zero-order valence-electron chi connectivity index (χ0n) is 12.5. The first-order valence-electron chi connectivity index (χ1n) is 7.45. The summed E-state index contributed by atoms with van der Waals surface area (Å²) in [4.78, 5) is 0. The van der Waals surface area contributed by atoms with Gasteiger partial charge in [-0.25, -0.2) is 16.8 Å². The molecule has 2 rings (SSSR count). The molecule has 1 heterocycles. The Balaban J connectivity index is 1.70. The van der Waals surface area contributed by atoms with Crippen LogP contribution in [0.5, 0.6) is 0 Å². The molecule has 1 aliphatic heterocycles. The molecule has 1 saturated heterocycles. The Hall–Kier alpha value is -0.220. The van der Waals surface area contributed by atoms with Crippen molar-refractivity contribution in [3.05, 3.63) is 0 Å². The van der Waals surface area contributed by atoms with E-state index in [0.717, 1.165) is 19.2 Å². The Morgan fingerprint density at radius 1 is 0.952 bits per heavy atom. The molecule has 1 N–H and O–H groups in total. The molecule has 124 valence electrons. The third kappa shape index (κ3) is 5.48. The third-order valence-corrected chi connectivity index (χ3v) is 7.16. The van der Waals surface area contributed by atoms with Crippen molar-refractivity contribution in [1.29, 1.82) is 0 Å². The van der Waals surface area contributed by atoms with Gasteiger partial charge in [0.2, 0.25) is 20.0 Å². The van der Waals surface area contributed by atoms with Gasteiger partial charge in [0.25, 0.3) is 0 Å². The van der Waals surface area contributed by atoms with Crippen LogP contribution in [0.15, 0.2) is 0 Å². The van der Waals surface area contributed by atoms with E-state index in [4.69, 9.17) is 0 Å². The molecule has 0 radical (unpaired) electrons. The maximum Gasteiger partial charge on any atom is 0.214 e. The van der Waals surface area contributed by atoms with Gasteiger partial charge >= 0.3 is 0 Å². The molecule has 2 aliphatic rings. The maximum absolute atomic E-state index is 12.2. The van der Waals surface area contributed by atoms with E-state index < -0.39 is 20.0 Å². The Kier molecular flexibility index (Phi) is 5.64. The van der Waals surface area contributed by atoms with E-state index in [2.05, 4.69) is 5.32 Å². The van der Waals surface area contributed by atoms with Gasteiger partial charge in [-0.05, 0) is 32.2 Å². The lowest BCUT2D eigenvalue weighted by Gasteiger charge is -2.32. The Bertz CT molecular complexity index is 535. The average molecular weight is 339 g/mol. The van der Waals surface area contributed by atoms with Gasteiger partial charge in [0.05, 0.1) is 12.0 Å². The van der Waals surface area contributed by atoms with Gasteiger partial charge in [-0.3, -0.25) is 0 Å². The summed E-state index contributed by atoms with van der Waals surface area (Å²) in [5.74, 6) is 0.151. The molecule has 0 spiro atoms. The van der Waals surface area contributed by atoms with E-state index in [0.29, 0.717) is 12.5 Å². The lowest BCUT2D eigenvalue weighted by molar-refractivity contribution is 0.274. The first-order chi connectivity index (χ1) is 9.79. The molecule has 1 saturated carbocycles. The summed E-state index contributed by atoms with van der Waals surface area (Å²) in [7, 11) is -6.47. The van der Waals surface area contributed by atoms with Crippen molar-refractivity contribution in [2.24, 2.45) is 0 Å². The number of rotatable bonds is 8. The first kappa shape index (κ1) is 17.1. The highest BCUT2D eigenvalue weighted by atomic mass is 32.2. The van der Waals surface area contributed by atoms with Crippen LogP contribution in [0.1, 0.15) is 25.7 Å². The molecule has 0 unspecified atom stereocenters. The standard InChI is InChI=1S/C12H25N3O4S2/c1-20(16,17)14-7-9-15(10-8-14)21(18,19)11-3-2-6-13-12-4-5-12/h12-13H,2-11H2,1H3. The summed E-state index contributed by atoms with van der Waals surface area (Å²) in [6.07, 6.45) is 5.14. The lowest BCUT2D eigenvalue weighted by Crippen LogP contribution is -2.50. The van der Waals surface area contributed by atoms with Crippen molar-refractivity contribution in [2.45, 2.75) is 31.7 Å². The molecule has 0 aromatic heterocycles. The summed E-state index contributed by atoms with van der Waals surface area (Å²) in [6.45, 7) is 1.90. The minimum Gasteiger partial charge on any atom is -0.314 e. The van der Waals surface area contributed by atoms with Crippen LogP contribution in [-0.2, 0) is 20.0 Å². The van der Waals surface area contributed by atoms with Crippen molar-refractivity contribution < 1.29 is 16.8 Å². The van der Waals surface area contributed by atoms with Crippen LogP contribution in [0.25, 0.3) is 0 Å². The van der Waals surface area contributed by atoms with Crippen LogP contribution >= 0.6 is 0 Å². The van der Waals surface area contributed by atoms with Crippen molar-refractivity contribution in [3.8, 4) is 0 Å². The first-order valence-corrected chi connectivity index (χ1v) is 10.9. The fraction of sp³-hybridized carbons (Fsp3) is 1.00. The predicted octanol–water partition coefficient (Wildman–Crippen LogP) is -0.574. The van der Waals surface area contributed by atoms with Gasteiger partial charge in [-0.15, -0.1) is 0 Å². The summed E-state index contributed by atoms with van der Waals surface area (Å²) in [5.41, 5.74) is 0. The van der Waals surface area contributed by atoms with Crippen LogP contribution in [-0.4, -0.2) is 76.2 Å². The molecule has 0 aromatic carbocycles. The Morgan fingerprint density at radius 2 is 1.52 bits per heavy atom. The van der Waals surface area contributed by atoms with Gasteiger partial charge in [0, 0.05) is 32.2 Å². The van der Waals surface area contributed by atoms with Crippen LogP contribution in [0.4, 0.5) is 0 Å². The molecule has 0 bridgehead atoms. The lowest BCUT2D eigenvalue weighted by atomic mass is 10.3. The molecule has 1 aliphatic carbocycles. The van der Waals surface area contributed by atoms with Gasteiger partial charge in [-0.1, -0.05) is 0 Å². The molecule has 0 aromatic rings. The SMILES string of the molecule is CS(=O)(=O)N1CCN(S(=O)(=O)CCCCNC2CC2)CC1. The van der Waals surface area contributed by atoms with Gasteiger partial charge < -0.3 is 5.32 Å². The van der Waals surface area contributed by atoms with E-state index in [1.807, 2.05) is 0 Å². The second-order valence-electron chi connectivity index (χ2n) is 5.81. The van der Waals surface area contributed by atoms with Crippen LogP contribution in [0.3, 0.4) is 0 Å². The smallest absolute Gasteiger partial charge is 0.214 e. The number of unbranched alkanes of at least 4 members (excludes halogenated alkanes) is 1. The monoisotopic (exact) mass is 339 g/mol. The van der Waals surface area contributed by atoms with Gasteiger partial charge in [0.1, 0.15) is 0 Å². The van der Waals surface area contributed by atoms with E-state index in [-0.39, 0.29) is 31.9 Å². The predicted molar refractivity (Wildman–Crippen MR) is 82.0 cm³/mol. The van der Waals surface area contributed by atoms with Crippen LogP contribution < -0.4 is 5.32 Å². The fourth-order valence-electron chi connectivity index (χ4n) is 2.41. The Morgan fingerprint density at radius 3 is 2.05 bits per heavy atom. The highest BCUT2D eigenvalue weighted by Gasteiger charge is 2.29. The van der Waals surface area contributed by atoms with E-state index >= 15 is 0 Å². The molecular weight excluding hydrogens is 314 g/mol. The second-order valence-corrected chi connectivity index (χ2v) is 9.88. The van der Waals surface area contributed by atoms with E-state index in [1.165, 1.54) is 21.5 Å².